The van der Waals surface area contributed by atoms with E-state index in [0.29, 0.717) is 25.3 Å². The van der Waals surface area contributed by atoms with Crippen LogP contribution in [0.3, 0.4) is 0 Å². The van der Waals surface area contributed by atoms with Gasteiger partial charge in [-0.2, -0.15) is 0 Å². The smallest absolute Gasteiger partial charge is 0.227 e. The minimum atomic E-state index is 0.00257. The van der Waals surface area contributed by atoms with Gasteiger partial charge in [0.2, 0.25) is 11.8 Å². The fourth-order valence-corrected chi connectivity index (χ4v) is 2.41. The van der Waals surface area contributed by atoms with Gasteiger partial charge in [0.15, 0.2) is 0 Å². The summed E-state index contributed by atoms with van der Waals surface area (Å²) in [6.45, 7) is 1.41. The highest BCUT2D eigenvalue weighted by Crippen LogP contribution is 2.27. The summed E-state index contributed by atoms with van der Waals surface area (Å²) in [6, 6.07) is 0. The lowest BCUT2D eigenvalue weighted by Crippen LogP contribution is -2.45. The Balaban J connectivity index is 1.78. The predicted octanol–water partition coefficient (Wildman–Crippen LogP) is 0.771. The molecule has 1 aliphatic heterocycles. The van der Waals surface area contributed by atoms with Crippen LogP contribution in [0.1, 0.15) is 32.1 Å². The van der Waals surface area contributed by atoms with E-state index in [-0.39, 0.29) is 17.7 Å². The molecule has 1 atom stereocenters. The van der Waals surface area contributed by atoms with Crippen LogP contribution < -0.4 is 5.32 Å². The molecule has 1 saturated heterocycles. The van der Waals surface area contributed by atoms with Crippen molar-refractivity contribution in [2.45, 2.75) is 32.1 Å². The van der Waals surface area contributed by atoms with E-state index < -0.39 is 0 Å². The fourth-order valence-electron chi connectivity index (χ4n) is 2.41. The van der Waals surface area contributed by atoms with Crippen LogP contribution in [0.2, 0.25) is 0 Å². The van der Waals surface area contributed by atoms with Crippen molar-refractivity contribution in [1.29, 1.82) is 0 Å². The summed E-state index contributed by atoms with van der Waals surface area (Å²) in [7, 11) is 1.89. The van der Waals surface area contributed by atoms with Gasteiger partial charge >= 0.3 is 0 Å². The maximum absolute atomic E-state index is 12.1. The topological polar surface area (TPSA) is 49.4 Å². The first-order valence-corrected chi connectivity index (χ1v) is 6.18. The zero-order chi connectivity index (χ0) is 11.5. The summed E-state index contributed by atoms with van der Waals surface area (Å²) < 4.78 is 0. The molecule has 16 heavy (non-hydrogen) atoms. The number of rotatable bonds is 3. The van der Waals surface area contributed by atoms with E-state index in [9.17, 15) is 9.59 Å². The van der Waals surface area contributed by atoms with Gasteiger partial charge in [-0.25, -0.2) is 0 Å². The second-order valence-electron chi connectivity index (χ2n) is 5.06. The first-order valence-electron chi connectivity index (χ1n) is 6.18. The van der Waals surface area contributed by atoms with E-state index in [2.05, 4.69) is 5.32 Å². The lowest BCUT2D eigenvalue weighted by molar-refractivity contribution is -0.137. The van der Waals surface area contributed by atoms with E-state index in [0.717, 1.165) is 6.54 Å². The lowest BCUT2D eigenvalue weighted by atomic mass is 9.85. The van der Waals surface area contributed by atoms with Gasteiger partial charge in [0.1, 0.15) is 0 Å². The molecule has 1 saturated carbocycles. The number of amides is 2. The van der Waals surface area contributed by atoms with Gasteiger partial charge in [0, 0.05) is 26.6 Å². The van der Waals surface area contributed by atoms with Crippen LogP contribution in [-0.2, 0) is 9.59 Å². The van der Waals surface area contributed by atoms with Crippen LogP contribution in [0, 0.1) is 11.8 Å². The third-order valence-corrected chi connectivity index (χ3v) is 3.75. The molecule has 0 bridgehead atoms. The average molecular weight is 224 g/mol. The van der Waals surface area contributed by atoms with Crippen LogP contribution in [0.25, 0.3) is 0 Å². The molecular weight excluding hydrogens is 204 g/mol. The zero-order valence-corrected chi connectivity index (χ0v) is 9.87. The van der Waals surface area contributed by atoms with Crippen molar-refractivity contribution in [2.24, 2.45) is 11.8 Å². The molecule has 90 valence electrons. The van der Waals surface area contributed by atoms with E-state index >= 15 is 0 Å². The Morgan fingerprint density at radius 1 is 1.44 bits per heavy atom. The molecule has 2 rings (SSSR count). The van der Waals surface area contributed by atoms with Gasteiger partial charge in [-0.15, -0.1) is 0 Å². The molecular formula is C12H20N2O2. The normalized spacial score (nSPS) is 25.8. The molecule has 2 amide bonds. The van der Waals surface area contributed by atoms with Gasteiger partial charge in [0.05, 0.1) is 5.92 Å². The Labute approximate surface area is 96.4 Å². The number of hydrogen-bond donors (Lipinski definition) is 1. The zero-order valence-electron chi connectivity index (χ0n) is 9.87. The number of nitrogens with zero attached hydrogens (tertiary/aromatic N) is 1. The highest BCUT2D eigenvalue weighted by Gasteiger charge is 2.28. The highest BCUT2D eigenvalue weighted by atomic mass is 16.2. The van der Waals surface area contributed by atoms with Crippen molar-refractivity contribution < 1.29 is 9.59 Å². The minimum absolute atomic E-state index is 0.00257. The van der Waals surface area contributed by atoms with Gasteiger partial charge in [-0.05, 0) is 25.2 Å². The standard InChI is InChI=1S/C12H20N2O2/c1-14(8-9-3-2-4-9)12(16)10-5-6-11(15)13-7-10/h9-10H,2-8H2,1H3,(H,13,15). The van der Waals surface area contributed by atoms with Crippen molar-refractivity contribution in [3.63, 3.8) is 0 Å². The first-order chi connectivity index (χ1) is 7.66. The number of nitrogens with one attached hydrogen (secondary N) is 1. The largest absolute Gasteiger partial charge is 0.355 e. The average Bonchev–Trinajstić information content (AvgIpc) is 2.23. The van der Waals surface area contributed by atoms with E-state index in [1.165, 1.54) is 19.3 Å². The Morgan fingerprint density at radius 3 is 2.69 bits per heavy atom. The number of hydrogen-bond acceptors (Lipinski definition) is 2. The van der Waals surface area contributed by atoms with Crippen molar-refractivity contribution in [3.8, 4) is 0 Å². The van der Waals surface area contributed by atoms with Crippen LogP contribution in [0.5, 0.6) is 0 Å². The molecule has 1 N–H and O–H groups in total. The number of carbonyl (C=O) groups is 2. The molecule has 0 aromatic heterocycles. The second-order valence-corrected chi connectivity index (χ2v) is 5.06. The maximum Gasteiger partial charge on any atom is 0.227 e. The molecule has 0 aromatic rings. The van der Waals surface area contributed by atoms with Crippen molar-refractivity contribution in [3.05, 3.63) is 0 Å². The Morgan fingerprint density at radius 2 is 2.19 bits per heavy atom. The molecule has 0 radical (unpaired) electrons. The fraction of sp³-hybridized carbons (Fsp3) is 0.833. The van der Waals surface area contributed by atoms with Crippen LogP contribution in [-0.4, -0.2) is 36.9 Å². The molecule has 2 aliphatic rings. The third-order valence-electron chi connectivity index (χ3n) is 3.75. The summed E-state index contributed by atoms with van der Waals surface area (Å²) >= 11 is 0. The molecule has 1 unspecified atom stereocenters. The van der Waals surface area contributed by atoms with Crippen molar-refractivity contribution in [2.75, 3.05) is 20.1 Å². The van der Waals surface area contributed by atoms with E-state index in [4.69, 9.17) is 0 Å². The Hall–Kier alpha value is -1.06. The van der Waals surface area contributed by atoms with Crippen LogP contribution >= 0.6 is 0 Å². The molecule has 0 aromatic carbocycles. The van der Waals surface area contributed by atoms with Gasteiger partial charge in [-0.1, -0.05) is 6.42 Å². The van der Waals surface area contributed by atoms with Gasteiger partial charge in [0.25, 0.3) is 0 Å². The monoisotopic (exact) mass is 224 g/mol. The Kier molecular flexibility index (Phi) is 3.46. The summed E-state index contributed by atoms with van der Waals surface area (Å²) in [5, 5.41) is 2.76. The molecule has 0 spiro atoms. The number of piperidine rings is 1. The predicted molar refractivity (Wildman–Crippen MR) is 60.7 cm³/mol. The molecule has 1 aliphatic carbocycles. The summed E-state index contributed by atoms with van der Waals surface area (Å²) in [5.41, 5.74) is 0. The van der Waals surface area contributed by atoms with Gasteiger partial charge < -0.3 is 10.2 Å². The minimum Gasteiger partial charge on any atom is -0.355 e. The maximum atomic E-state index is 12.1. The molecule has 1 heterocycles. The van der Waals surface area contributed by atoms with E-state index in [1.54, 1.807) is 0 Å². The SMILES string of the molecule is CN(CC1CCC1)C(=O)C1CCC(=O)NC1. The van der Waals surface area contributed by atoms with Crippen molar-refractivity contribution >= 4 is 11.8 Å². The van der Waals surface area contributed by atoms with Crippen molar-refractivity contribution in [1.82, 2.24) is 10.2 Å². The lowest BCUT2D eigenvalue weighted by Gasteiger charge is -2.32. The van der Waals surface area contributed by atoms with E-state index in [1.807, 2.05) is 11.9 Å². The quantitative estimate of drug-likeness (QED) is 0.770. The molecule has 2 fully saturated rings. The summed E-state index contributed by atoms with van der Waals surface area (Å²) in [6.07, 6.45) is 5.04. The molecule has 4 heteroatoms. The molecule has 4 nitrogen and oxygen atoms in total. The Bertz CT molecular complexity index is 277. The third kappa shape index (κ3) is 2.54. The van der Waals surface area contributed by atoms with Crippen LogP contribution in [0.4, 0.5) is 0 Å². The van der Waals surface area contributed by atoms with Crippen LogP contribution in [0.15, 0.2) is 0 Å². The van der Waals surface area contributed by atoms with Gasteiger partial charge in [-0.3, -0.25) is 9.59 Å². The number of carbonyl (C=O) groups excluding carboxylic acids is 2. The highest BCUT2D eigenvalue weighted by molar-refractivity contribution is 5.83. The summed E-state index contributed by atoms with van der Waals surface area (Å²) in [4.78, 5) is 24.9. The first kappa shape index (κ1) is 11.4. The summed E-state index contributed by atoms with van der Waals surface area (Å²) in [5.74, 6) is 0.993. The second kappa shape index (κ2) is 4.85.